The van der Waals surface area contributed by atoms with Crippen LogP contribution in [0.25, 0.3) is 11.3 Å². The number of piperidine rings is 2. The van der Waals surface area contributed by atoms with Crippen molar-refractivity contribution in [2.75, 3.05) is 43.0 Å². The number of nitrogens with one attached hydrogen (secondary N) is 2. The second-order valence-electron chi connectivity index (χ2n) is 11.2. The van der Waals surface area contributed by atoms with Crippen molar-refractivity contribution >= 4 is 29.4 Å². The topological polar surface area (TPSA) is 93.7 Å². The Balaban J connectivity index is 1.47. The van der Waals surface area contributed by atoms with E-state index in [0.717, 1.165) is 61.6 Å². The van der Waals surface area contributed by atoms with Gasteiger partial charge in [0.15, 0.2) is 5.82 Å². The Bertz CT molecular complexity index is 1500. The van der Waals surface area contributed by atoms with E-state index in [9.17, 15) is 9.59 Å². The molecule has 2 N–H and O–H groups in total. The number of carbonyl (C=O) groups excluding carboxylic acids is 2. The maximum Gasteiger partial charge on any atom is 0.328 e. The first-order valence-corrected chi connectivity index (χ1v) is 14.6. The summed E-state index contributed by atoms with van der Waals surface area (Å²) in [4.78, 5) is 41.2. The summed E-state index contributed by atoms with van der Waals surface area (Å²) in [5, 5.41) is 5.39. The molecule has 0 atom stereocenters. The van der Waals surface area contributed by atoms with Crippen molar-refractivity contribution in [1.82, 2.24) is 25.5 Å². The van der Waals surface area contributed by atoms with Gasteiger partial charge in [-0.1, -0.05) is 18.6 Å². The third kappa shape index (κ3) is 5.17. The van der Waals surface area contributed by atoms with Crippen molar-refractivity contribution in [3.63, 3.8) is 0 Å². The number of urea groups is 1. The van der Waals surface area contributed by atoms with Gasteiger partial charge in [0, 0.05) is 42.9 Å². The second kappa shape index (κ2) is 11.6. The molecule has 11 heteroatoms. The number of aromatic nitrogens is 2. The predicted molar refractivity (Wildman–Crippen MR) is 157 cm³/mol. The van der Waals surface area contributed by atoms with Crippen LogP contribution in [-0.4, -0.2) is 66.1 Å². The van der Waals surface area contributed by atoms with E-state index in [1.807, 2.05) is 13.0 Å². The van der Waals surface area contributed by atoms with Crippen molar-refractivity contribution in [3.05, 3.63) is 64.7 Å². The molecule has 42 heavy (non-hydrogen) atoms. The first-order chi connectivity index (χ1) is 20.4. The smallest absolute Gasteiger partial charge is 0.328 e. The van der Waals surface area contributed by atoms with Gasteiger partial charge in [0.2, 0.25) is 5.95 Å². The Morgan fingerprint density at radius 1 is 1.00 bits per heavy atom. The van der Waals surface area contributed by atoms with Crippen LogP contribution in [0.4, 0.5) is 31.0 Å². The van der Waals surface area contributed by atoms with Gasteiger partial charge in [-0.15, -0.1) is 0 Å². The molecular formula is C31H35F2N7O2. The number of hydrogen-bond acceptors (Lipinski definition) is 6. The molecule has 9 nitrogen and oxygen atoms in total. The summed E-state index contributed by atoms with van der Waals surface area (Å²) in [6.45, 7) is 5.68. The Morgan fingerprint density at radius 3 is 2.40 bits per heavy atom. The number of anilines is 3. The molecule has 0 aliphatic carbocycles. The van der Waals surface area contributed by atoms with E-state index in [1.165, 1.54) is 25.3 Å². The predicted octanol–water partition coefficient (Wildman–Crippen LogP) is 4.91. The van der Waals surface area contributed by atoms with Crippen LogP contribution < -0.4 is 20.4 Å². The third-order valence-corrected chi connectivity index (χ3v) is 8.60. The molecule has 2 saturated heterocycles. The summed E-state index contributed by atoms with van der Waals surface area (Å²) in [7, 11) is 1.57. The first-order valence-electron chi connectivity index (χ1n) is 14.6. The minimum Gasteiger partial charge on any atom is -0.355 e. The van der Waals surface area contributed by atoms with Gasteiger partial charge in [-0.25, -0.2) is 23.5 Å². The fourth-order valence-corrected chi connectivity index (χ4v) is 6.30. The van der Waals surface area contributed by atoms with Gasteiger partial charge in [-0.05, 0) is 75.5 Å². The zero-order valence-corrected chi connectivity index (χ0v) is 23.9. The lowest BCUT2D eigenvalue weighted by molar-refractivity contribution is 0.0963. The van der Waals surface area contributed by atoms with E-state index >= 15 is 8.78 Å². The van der Waals surface area contributed by atoms with Gasteiger partial charge in [0.05, 0.1) is 12.2 Å². The van der Waals surface area contributed by atoms with Gasteiger partial charge in [0.25, 0.3) is 5.91 Å². The van der Waals surface area contributed by atoms with E-state index in [4.69, 9.17) is 9.97 Å². The van der Waals surface area contributed by atoms with E-state index in [2.05, 4.69) is 20.4 Å². The van der Waals surface area contributed by atoms with Crippen molar-refractivity contribution in [2.45, 2.75) is 51.6 Å². The van der Waals surface area contributed by atoms with Crippen molar-refractivity contribution in [3.8, 4) is 11.3 Å². The molecular weight excluding hydrogens is 540 g/mol. The van der Waals surface area contributed by atoms with Crippen LogP contribution in [-0.2, 0) is 6.54 Å². The van der Waals surface area contributed by atoms with Gasteiger partial charge < -0.3 is 20.4 Å². The number of amides is 3. The highest BCUT2D eigenvalue weighted by atomic mass is 19.1. The number of aryl methyl sites for hydroxylation is 1. The van der Waals surface area contributed by atoms with Crippen molar-refractivity contribution in [2.24, 2.45) is 0 Å². The van der Waals surface area contributed by atoms with E-state index < -0.39 is 23.4 Å². The molecule has 0 bridgehead atoms. The quantitative estimate of drug-likeness (QED) is 0.449. The summed E-state index contributed by atoms with van der Waals surface area (Å²) >= 11 is 0. The number of halogens is 2. The molecule has 2 aromatic carbocycles. The molecule has 6 rings (SSSR count). The third-order valence-electron chi connectivity index (χ3n) is 8.60. The number of rotatable bonds is 5. The molecule has 3 aromatic rings. The average Bonchev–Trinajstić information content (AvgIpc) is 3.02. The summed E-state index contributed by atoms with van der Waals surface area (Å²) in [5.41, 5.74) is 2.53. The van der Waals surface area contributed by atoms with E-state index in [0.29, 0.717) is 34.4 Å². The van der Waals surface area contributed by atoms with Gasteiger partial charge in [-0.3, -0.25) is 4.79 Å². The Morgan fingerprint density at radius 2 is 1.71 bits per heavy atom. The van der Waals surface area contributed by atoms with Crippen LogP contribution in [0, 0.1) is 18.6 Å². The highest BCUT2D eigenvalue weighted by Gasteiger charge is 2.36. The highest BCUT2D eigenvalue weighted by molar-refractivity contribution is 6.02. The zero-order valence-electron chi connectivity index (χ0n) is 23.9. The standard InChI is InChI=1S/C31H35F2N7O2/c1-19-9-10-20(29(41)34-2)17-22(19)26-23-18-35-31(42)40(27-24(32)7-6-8-25(27)33)28(23)37-30(36-26)39-15-11-21(12-16-39)38-13-4-3-5-14-38/h6-10,17,21H,3-5,11-16,18H2,1-2H3,(H,34,41)(H,35,42). The Kier molecular flexibility index (Phi) is 7.76. The minimum absolute atomic E-state index is 0.0665. The van der Waals surface area contributed by atoms with E-state index in [-0.39, 0.29) is 18.3 Å². The fraction of sp³-hybridized carbons (Fsp3) is 0.419. The van der Waals surface area contributed by atoms with Crippen LogP contribution in [0.2, 0.25) is 0 Å². The van der Waals surface area contributed by atoms with Crippen LogP contribution in [0.15, 0.2) is 36.4 Å². The largest absolute Gasteiger partial charge is 0.355 e. The normalized spacial score (nSPS) is 18.0. The number of para-hydroxylation sites is 1. The molecule has 0 radical (unpaired) electrons. The SMILES string of the molecule is CNC(=O)c1ccc(C)c(-c2nc(N3CCC(N4CCCCC4)CC3)nc3c2CNC(=O)N3c2c(F)cccc2F)c1. The lowest BCUT2D eigenvalue weighted by Crippen LogP contribution is -2.47. The number of benzene rings is 2. The Labute approximate surface area is 243 Å². The number of likely N-dealkylation sites (tertiary alicyclic amines) is 1. The molecule has 2 fully saturated rings. The van der Waals surface area contributed by atoms with Gasteiger partial charge in [-0.2, -0.15) is 4.98 Å². The number of nitrogens with zero attached hydrogens (tertiary/aromatic N) is 5. The highest BCUT2D eigenvalue weighted by Crippen LogP contribution is 2.40. The second-order valence-corrected chi connectivity index (χ2v) is 11.2. The average molecular weight is 576 g/mol. The summed E-state index contributed by atoms with van der Waals surface area (Å²) in [5.74, 6) is -1.48. The van der Waals surface area contributed by atoms with Crippen LogP contribution in [0.1, 0.15) is 53.6 Å². The minimum atomic E-state index is -0.875. The first kappa shape index (κ1) is 28.0. The van der Waals surface area contributed by atoms with Crippen molar-refractivity contribution in [1.29, 1.82) is 0 Å². The van der Waals surface area contributed by atoms with Crippen LogP contribution >= 0.6 is 0 Å². The van der Waals surface area contributed by atoms with Crippen molar-refractivity contribution < 1.29 is 18.4 Å². The number of hydrogen-bond donors (Lipinski definition) is 2. The fourth-order valence-electron chi connectivity index (χ4n) is 6.30. The summed E-state index contributed by atoms with van der Waals surface area (Å²) in [6.07, 6.45) is 5.65. The Hall–Kier alpha value is -4.12. The molecule has 220 valence electrons. The monoisotopic (exact) mass is 575 g/mol. The molecule has 3 aliphatic rings. The lowest BCUT2D eigenvalue weighted by atomic mass is 9.97. The maximum atomic E-state index is 15.1. The number of carbonyl (C=O) groups is 2. The van der Waals surface area contributed by atoms with E-state index in [1.54, 1.807) is 19.2 Å². The zero-order chi connectivity index (χ0) is 29.4. The molecule has 3 amide bonds. The molecule has 0 spiro atoms. The molecule has 1 aromatic heterocycles. The molecule has 3 aliphatic heterocycles. The summed E-state index contributed by atoms with van der Waals surface area (Å²) < 4.78 is 30.2. The van der Waals surface area contributed by atoms with Crippen LogP contribution in [0.3, 0.4) is 0 Å². The van der Waals surface area contributed by atoms with Gasteiger partial charge in [0.1, 0.15) is 17.3 Å². The lowest BCUT2D eigenvalue weighted by Gasteiger charge is -2.40. The summed E-state index contributed by atoms with van der Waals surface area (Å²) in [6, 6.07) is 8.65. The molecule has 0 saturated carbocycles. The van der Waals surface area contributed by atoms with Gasteiger partial charge >= 0.3 is 6.03 Å². The molecule has 0 unspecified atom stereocenters. The molecule has 4 heterocycles. The van der Waals surface area contributed by atoms with Crippen LogP contribution in [0.5, 0.6) is 0 Å². The number of fused-ring (bicyclic) bond motifs is 1. The maximum absolute atomic E-state index is 15.1.